The summed E-state index contributed by atoms with van der Waals surface area (Å²) >= 11 is 1.24. The van der Waals surface area contributed by atoms with Crippen LogP contribution in [0, 0.1) is 0 Å². The molecule has 7 nitrogen and oxygen atoms in total. The summed E-state index contributed by atoms with van der Waals surface area (Å²) in [6, 6.07) is 5.65. The van der Waals surface area contributed by atoms with Crippen molar-refractivity contribution in [2.75, 3.05) is 20.0 Å². The lowest BCUT2D eigenvalue weighted by molar-refractivity contribution is -0.119. The topological polar surface area (TPSA) is 86.5 Å². The third-order valence-corrected chi connectivity index (χ3v) is 5.41. The average molecular weight is 391 g/mol. The summed E-state index contributed by atoms with van der Waals surface area (Å²) < 4.78 is 16.2. The van der Waals surface area contributed by atoms with E-state index < -0.39 is 0 Å². The van der Waals surface area contributed by atoms with Gasteiger partial charge in [-0.3, -0.25) is 4.79 Å². The van der Waals surface area contributed by atoms with Crippen molar-refractivity contribution >= 4 is 17.7 Å². The van der Waals surface area contributed by atoms with Crippen LogP contribution in [0.2, 0.25) is 0 Å². The fourth-order valence-electron chi connectivity index (χ4n) is 3.17. The van der Waals surface area contributed by atoms with Gasteiger partial charge >= 0.3 is 0 Å². The van der Waals surface area contributed by atoms with Crippen molar-refractivity contribution in [3.8, 4) is 23.0 Å². The number of amides is 1. The van der Waals surface area contributed by atoms with Crippen molar-refractivity contribution < 1.29 is 18.7 Å². The molecule has 0 unspecified atom stereocenters. The molecule has 1 aliphatic rings. The third kappa shape index (κ3) is 5.38. The fraction of sp³-hybridized carbons (Fsp3) is 0.526. The number of rotatable bonds is 7. The van der Waals surface area contributed by atoms with Crippen LogP contribution in [0.25, 0.3) is 11.5 Å². The smallest absolute Gasteiger partial charge is 0.277 e. The number of nitrogens with zero attached hydrogens (tertiary/aromatic N) is 2. The Bertz CT molecular complexity index is 757. The number of carbonyl (C=O) groups is 1. The largest absolute Gasteiger partial charge is 0.497 e. The van der Waals surface area contributed by atoms with E-state index in [-0.39, 0.29) is 11.7 Å². The summed E-state index contributed by atoms with van der Waals surface area (Å²) in [4.78, 5) is 12.2. The maximum atomic E-state index is 12.2. The van der Waals surface area contributed by atoms with Crippen LogP contribution >= 0.6 is 11.8 Å². The first-order valence-electron chi connectivity index (χ1n) is 9.17. The number of benzene rings is 1. The van der Waals surface area contributed by atoms with Crippen LogP contribution in [0.3, 0.4) is 0 Å². The molecule has 0 saturated heterocycles. The van der Waals surface area contributed by atoms with Gasteiger partial charge in [0.2, 0.25) is 5.91 Å². The van der Waals surface area contributed by atoms with E-state index in [1.54, 1.807) is 32.4 Å². The number of thioether (sulfide) groups is 1. The number of methoxy groups -OCH3 is 2. The van der Waals surface area contributed by atoms with E-state index in [0.29, 0.717) is 34.2 Å². The van der Waals surface area contributed by atoms with Crippen molar-refractivity contribution in [3.63, 3.8) is 0 Å². The van der Waals surface area contributed by atoms with E-state index in [9.17, 15) is 4.79 Å². The van der Waals surface area contributed by atoms with Gasteiger partial charge in [-0.15, -0.1) is 10.2 Å². The molecule has 0 spiro atoms. The average Bonchev–Trinajstić information content (AvgIpc) is 3.02. The van der Waals surface area contributed by atoms with Crippen LogP contribution in [0.4, 0.5) is 0 Å². The van der Waals surface area contributed by atoms with Gasteiger partial charge in [-0.2, -0.15) is 0 Å². The Kier molecular flexibility index (Phi) is 6.98. The first-order valence-corrected chi connectivity index (χ1v) is 10.2. The lowest BCUT2D eigenvalue weighted by Gasteiger charge is -2.15. The molecule has 0 radical (unpaired) electrons. The Hall–Kier alpha value is -2.22. The van der Waals surface area contributed by atoms with Crippen LogP contribution < -0.4 is 14.8 Å². The normalized spacial score (nSPS) is 15.2. The van der Waals surface area contributed by atoms with Crippen molar-refractivity contribution in [2.24, 2.45) is 0 Å². The lowest BCUT2D eigenvalue weighted by Crippen LogP contribution is -2.35. The highest BCUT2D eigenvalue weighted by Crippen LogP contribution is 2.33. The van der Waals surface area contributed by atoms with Gasteiger partial charge in [0, 0.05) is 12.1 Å². The van der Waals surface area contributed by atoms with Gasteiger partial charge in [-0.25, -0.2) is 0 Å². The molecule has 2 aromatic rings. The number of nitrogens with one attached hydrogen (secondary N) is 1. The van der Waals surface area contributed by atoms with Crippen molar-refractivity contribution in [2.45, 2.75) is 49.8 Å². The SMILES string of the molecule is COc1ccc(-c2nnc(SCC(=O)NC3CCCCCC3)o2)c(OC)c1. The van der Waals surface area contributed by atoms with Gasteiger partial charge in [-0.05, 0) is 25.0 Å². The van der Waals surface area contributed by atoms with Gasteiger partial charge in [0.1, 0.15) is 11.5 Å². The minimum atomic E-state index is 0.00804. The number of hydrogen-bond donors (Lipinski definition) is 1. The zero-order valence-corrected chi connectivity index (χ0v) is 16.5. The summed E-state index contributed by atoms with van der Waals surface area (Å²) in [5, 5.41) is 11.6. The van der Waals surface area contributed by atoms with Gasteiger partial charge in [0.15, 0.2) is 0 Å². The minimum Gasteiger partial charge on any atom is -0.497 e. The van der Waals surface area contributed by atoms with Crippen LogP contribution in [-0.2, 0) is 4.79 Å². The molecule has 1 aromatic carbocycles. The molecule has 27 heavy (non-hydrogen) atoms. The molecule has 1 aromatic heterocycles. The first kappa shape index (κ1) is 19.5. The second-order valence-corrected chi connectivity index (χ2v) is 7.41. The molecule has 8 heteroatoms. The van der Waals surface area contributed by atoms with Crippen LogP contribution in [0.15, 0.2) is 27.8 Å². The van der Waals surface area contributed by atoms with Crippen LogP contribution in [0.5, 0.6) is 11.5 Å². The Balaban J connectivity index is 1.57. The standard InChI is InChI=1S/C19H25N3O4S/c1-24-14-9-10-15(16(11-14)25-2)18-21-22-19(26-18)27-12-17(23)20-13-7-5-3-4-6-8-13/h9-11,13H,3-8,12H2,1-2H3,(H,20,23). The van der Waals surface area contributed by atoms with Gasteiger partial charge < -0.3 is 19.2 Å². The van der Waals surface area contributed by atoms with E-state index in [0.717, 1.165) is 12.8 Å². The molecule has 3 rings (SSSR count). The maximum Gasteiger partial charge on any atom is 0.277 e. The predicted octanol–water partition coefficient (Wildman–Crippen LogP) is 3.68. The molecule has 0 atom stereocenters. The van der Waals surface area contributed by atoms with E-state index in [4.69, 9.17) is 13.9 Å². The molecule has 1 amide bonds. The van der Waals surface area contributed by atoms with Gasteiger partial charge in [-0.1, -0.05) is 37.4 Å². The molecule has 146 valence electrons. The molecule has 0 bridgehead atoms. The molecular weight excluding hydrogens is 366 g/mol. The lowest BCUT2D eigenvalue weighted by atomic mass is 10.1. The summed E-state index contributed by atoms with van der Waals surface area (Å²) in [6.45, 7) is 0. The molecule has 0 aliphatic heterocycles. The van der Waals surface area contributed by atoms with Crippen molar-refractivity contribution in [3.05, 3.63) is 18.2 Å². The highest BCUT2D eigenvalue weighted by Gasteiger charge is 2.18. The Morgan fingerprint density at radius 1 is 1.19 bits per heavy atom. The number of aromatic nitrogens is 2. The molecule has 1 heterocycles. The van der Waals surface area contributed by atoms with E-state index in [1.807, 2.05) is 0 Å². The van der Waals surface area contributed by atoms with Gasteiger partial charge in [0.05, 0.1) is 25.5 Å². The van der Waals surface area contributed by atoms with Crippen molar-refractivity contribution in [1.29, 1.82) is 0 Å². The number of hydrogen-bond acceptors (Lipinski definition) is 7. The van der Waals surface area contributed by atoms with Crippen LogP contribution in [-0.4, -0.2) is 42.1 Å². The highest BCUT2D eigenvalue weighted by molar-refractivity contribution is 7.99. The summed E-state index contributed by atoms with van der Waals surface area (Å²) in [5.74, 6) is 1.88. The van der Waals surface area contributed by atoms with E-state index in [2.05, 4.69) is 15.5 Å². The monoisotopic (exact) mass is 391 g/mol. The molecule has 1 aliphatic carbocycles. The van der Waals surface area contributed by atoms with E-state index >= 15 is 0 Å². The number of carbonyl (C=O) groups excluding carboxylic acids is 1. The van der Waals surface area contributed by atoms with Crippen molar-refractivity contribution in [1.82, 2.24) is 15.5 Å². The first-order chi connectivity index (χ1) is 13.2. The Labute approximate surface area is 163 Å². The molecule has 1 fully saturated rings. The fourth-order valence-corrected chi connectivity index (χ4v) is 3.75. The Morgan fingerprint density at radius 2 is 1.96 bits per heavy atom. The van der Waals surface area contributed by atoms with E-state index in [1.165, 1.54) is 37.4 Å². The number of ether oxygens (including phenoxy) is 2. The maximum absolute atomic E-state index is 12.2. The quantitative estimate of drug-likeness (QED) is 0.569. The molecule has 1 N–H and O–H groups in total. The third-order valence-electron chi connectivity index (χ3n) is 4.59. The van der Waals surface area contributed by atoms with Gasteiger partial charge in [0.25, 0.3) is 11.1 Å². The summed E-state index contributed by atoms with van der Waals surface area (Å²) in [6.07, 6.45) is 7.04. The zero-order valence-electron chi connectivity index (χ0n) is 15.7. The minimum absolute atomic E-state index is 0.00804. The second kappa shape index (κ2) is 9.64. The molecular formula is C19H25N3O4S. The predicted molar refractivity (Wildman–Crippen MR) is 103 cm³/mol. The highest BCUT2D eigenvalue weighted by atomic mass is 32.2. The Morgan fingerprint density at radius 3 is 2.67 bits per heavy atom. The zero-order chi connectivity index (χ0) is 19.1. The summed E-state index contributed by atoms with van der Waals surface area (Å²) in [7, 11) is 3.16. The summed E-state index contributed by atoms with van der Waals surface area (Å²) in [5.41, 5.74) is 0.681. The molecule has 1 saturated carbocycles. The second-order valence-electron chi connectivity index (χ2n) is 6.48. The van der Waals surface area contributed by atoms with Crippen LogP contribution in [0.1, 0.15) is 38.5 Å².